The summed E-state index contributed by atoms with van der Waals surface area (Å²) >= 11 is 0. The van der Waals surface area contributed by atoms with E-state index in [4.69, 9.17) is 11.2 Å². The fourth-order valence-corrected chi connectivity index (χ4v) is 2.68. The van der Waals surface area contributed by atoms with Crippen LogP contribution in [0.2, 0.25) is 0 Å². The Morgan fingerprint density at radius 3 is 3.00 bits per heavy atom. The SMILES string of the molecule is C#CCN1[C@@H](C)COCCS1(=O)=O. The van der Waals surface area contributed by atoms with Gasteiger partial charge in [0.25, 0.3) is 0 Å². The summed E-state index contributed by atoms with van der Waals surface area (Å²) in [7, 11) is -3.21. The van der Waals surface area contributed by atoms with Gasteiger partial charge in [-0.2, -0.15) is 4.31 Å². The second-order valence-corrected chi connectivity index (χ2v) is 5.03. The summed E-state index contributed by atoms with van der Waals surface area (Å²) < 4.78 is 29.6. The molecule has 0 radical (unpaired) electrons. The highest BCUT2D eigenvalue weighted by Gasteiger charge is 2.29. The molecule has 1 saturated heterocycles. The van der Waals surface area contributed by atoms with Crippen LogP contribution in [0, 0.1) is 12.3 Å². The number of ether oxygens (including phenoxy) is 1. The lowest BCUT2D eigenvalue weighted by atomic mass is 10.3. The number of sulfonamides is 1. The molecule has 1 aliphatic rings. The predicted molar refractivity (Wildman–Crippen MR) is 49.6 cm³/mol. The molecule has 13 heavy (non-hydrogen) atoms. The van der Waals surface area contributed by atoms with E-state index in [2.05, 4.69) is 5.92 Å². The van der Waals surface area contributed by atoms with Gasteiger partial charge in [0.05, 0.1) is 25.5 Å². The van der Waals surface area contributed by atoms with Gasteiger partial charge in [-0.15, -0.1) is 6.42 Å². The topological polar surface area (TPSA) is 46.6 Å². The van der Waals surface area contributed by atoms with Gasteiger partial charge in [-0.05, 0) is 6.92 Å². The summed E-state index contributed by atoms with van der Waals surface area (Å²) in [5.41, 5.74) is 0. The molecule has 0 aromatic rings. The van der Waals surface area contributed by atoms with Crippen molar-refractivity contribution in [3.05, 3.63) is 0 Å². The van der Waals surface area contributed by atoms with E-state index < -0.39 is 10.0 Å². The van der Waals surface area contributed by atoms with E-state index in [0.717, 1.165) is 0 Å². The van der Waals surface area contributed by atoms with Crippen LogP contribution in [-0.4, -0.2) is 44.3 Å². The molecular formula is C8H13NO3S. The Morgan fingerprint density at radius 2 is 2.38 bits per heavy atom. The molecule has 1 fully saturated rings. The molecule has 1 rings (SSSR count). The van der Waals surface area contributed by atoms with Crippen LogP contribution in [0.25, 0.3) is 0 Å². The van der Waals surface area contributed by atoms with Crippen molar-refractivity contribution in [1.29, 1.82) is 0 Å². The molecule has 5 heteroatoms. The highest BCUT2D eigenvalue weighted by molar-refractivity contribution is 7.89. The van der Waals surface area contributed by atoms with Crippen molar-refractivity contribution in [3.63, 3.8) is 0 Å². The minimum Gasteiger partial charge on any atom is -0.379 e. The van der Waals surface area contributed by atoms with E-state index >= 15 is 0 Å². The molecule has 1 heterocycles. The molecule has 4 nitrogen and oxygen atoms in total. The summed E-state index contributed by atoms with van der Waals surface area (Å²) in [6.45, 7) is 2.60. The molecule has 0 saturated carbocycles. The predicted octanol–water partition coefficient (Wildman–Crippen LogP) is -0.330. The van der Waals surface area contributed by atoms with Crippen LogP contribution in [-0.2, 0) is 14.8 Å². The summed E-state index contributed by atoms with van der Waals surface area (Å²) in [6.07, 6.45) is 5.10. The van der Waals surface area contributed by atoms with Gasteiger partial charge in [0, 0.05) is 6.04 Å². The number of nitrogens with zero attached hydrogens (tertiary/aromatic N) is 1. The minimum absolute atomic E-state index is 0.0268. The Hall–Kier alpha value is -0.570. The van der Waals surface area contributed by atoms with Crippen molar-refractivity contribution in [1.82, 2.24) is 4.31 Å². The molecular weight excluding hydrogens is 190 g/mol. The fourth-order valence-electron chi connectivity index (χ4n) is 1.24. The van der Waals surface area contributed by atoms with Gasteiger partial charge in [-0.1, -0.05) is 5.92 Å². The largest absolute Gasteiger partial charge is 0.379 e. The van der Waals surface area contributed by atoms with E-state index in [1.165, 1.54) is 4.31 Å². The van der Waals surface area contributed by atoms with Gasteiger partial charge in [-0.25, -0.2) is 8.42 Å². The Morgan fingerprint density at radius 1 is 1.69 bits per heavy atom. The molecule has 0 spiro atoms. The maximum Gasteiger partial charge on any atom is 0.217 e. The molecule has 1 aliphatic heterocycles. The number of terminal acetylenes is 1. The molecule has 0 amide bonds. The van der Waals surface area contributed by atoms with E-state index in [1.54, 1.807) is 6.92 Å². The quantitative estimate of drug-likeness (QED) is 0.548. The van der Waals surface area contributed by atoms with Crippen molar-refractivity contribution in [2.75, 3.05) is 25.5 Å². The first-order valence-electron chi connectivity index (χ1n) is 4.08. The summed E-state index contributed by atoms with van der Waals surface area (Å²) in [5.74, 6) is 2.37. The van der Waals surface area contributed by atoms with Gasteiger partial charge in [-0.3, -0.25) is 0 Å². The van der Waals surface area contributed by atoms with Crippen molar-refractivity contribution >= 4 is 10.0 Å². The van der Waals surface area contributed by atoms with E-state index in [1.807, 2.05) is 0 Å². The van der Waals surface area contributed by atoms with E-state index in [-0.39, 0.29) is 24.9 Å². The molecule has 0 unspecified atom stereocenters. The zero-order valence-corrected chi connectivity index (χ0v) is 8.38. The van der Waals surface area contributed by atoms with Gasteiger partial charge >= 0.3 is 0 Å². The zero-order valence-electron chi connectivity index (χ0n) is 7.56. The van der Waals surface area contributed by atoms with Crippen molar-refractivity contribution < 1.29 is 13.2 Å². The third-order valence-corrected chi connectivity index (χ3v) is 3.83. The van der Waals surface area contributed by atoms with E-state index in [9.17, 15) is 8.42 Å². The monoisotopic (exact) mass is 203 g/mol. The molecule has 1 atom stereocenters. The normalized spacial score (nSPS) is 29.1. The average Bonchev–Trinajstić information content (AvgIpc) is 2.17. The third-order valence-electron chi connectivity index (χ3n) is 1.94. The van der Waals surface area contributed by atoms with E-state index in [0.29, 0.717) is 6.61 Å². The average molecular weight is 203 g/mol. The van der Waals surface area contributed by atoms with Gasteiger partial charge < -0.3 is 4.74 Å². The summed E-state index contributed by atoms with van der Waals surface area (Å²) in [6, 6.07) is -0.163. The van der Waals surface area contributed by atoms with Crippen molar-refractivity contribution in [2.24, 2.45) is 0 Å². The lowest BCUT2D eigenvalue weighted by molar-refractivity contribution is 0.120. The summed E-state index contributed by atoms with van der Waals surface area (Å²) in [4.78, 5) is 0. The zero-order chi connectivity index (χ0) is 9.90. The molecule has 0 aromatic carbocycles. The number of rotatable bonds is 1. The Balaban J connectivity index is 2.88. The molecule has 0 N–H and O–H groups in total. The van der Waals surface area contributed by atoms with Crippen LogP contribution in [0.5, 0.6) is 0 Å². The van der Waals surface area contributed by atoms with Crippen LogP contribution in [0.15, 0.2) is 0 Å². The molecule has 0 bridgehead atoms. The standard InChI is InChI=1S/C8H13NO3S/c1-3-4-9-8(2)7-12-5-6-13(9,10)11/h1,8H,4-7H2,2H3/t8-/m0/s1. The van der Waals surface area contributed by atoms with Crippen molar-refractivity contribution in [3.8, 4) is 12.3 Å². The second-order valence-electron chi connectivity index (χ2n) is 2.99. The van der Waals surface area contributed by atoms with Crippen molar-refractivity contribution in [2.45, 2.75) is 13.0 Å². The molecule has 74 valence electrons. The Bertz CT molecular complexity index is 304. The maximum atomic E-state index is 11.6. The first kappa shape index (κ1) is 10.5. The smallest absolute Gasteiger partial charge is 0.217 e. The van der Waals surface area contributed by atoms with Crippen LogP contribution < -0.4 is 0 Å². The molecule has 0 aliphatic carbocycles. The summed E-state index contributed by atoms with van der Waals surface area (Å²) in [5, 5.41) is 0. The molecule has 0 aromatic heterocycles. The van der Waals surface area contributed by atoms with Gasteiger partial charge in [0.15, 0.2) is 0 Å². The fraction of sp³-hybridized carbons (Fsp3) is 0.750. The maximum absolute atomic E-state index is 11.6. The first-order chi connectivity index (χ1) is 6.08. The Labute approximate surface area is 78.9 Å². The van der Waals surface area contributed by atoms with Gasteiger partial charge in [0.1, 0.15) is 0 Å². The first-order valence-corrected chi connectivity index (χ1v) is 5.69. The lowest BCUT2D eigenvalue weighted by Crippen LogP contribution is -2.40. The van der Waals surface area contributed by atoms with Gasteiger partial charge in [0.2, 0.25) is 10.0 Å². The Kier molecular flexibility index (Phi) is 3.31. The highest BCUT2D eigenvalue weighted by Crippen LogP contribution is 2.11. The lowest BCUT2D eigenvalue weighted by Gasteiger charge is -2.22. The van der Waals surface area contributed by atoms with Crippen LogP contribution >= 0.6 is 0 Å². The van der Waals surface area contributed by atoms with Crippen LogP contribution in [0.4, 0.5) is 0 Å². The second kappa shape index (κ2) is 4.09. The number of hydrogen-bond acceptors (Lipinski definition) is 3. The number of hydrogen-bond donors (Lipinski definition) is 0. The highest BCUT2D eigenvalue weighted by atomic mass is 32.2. The van der Waals surface area contributed by atoms with Crippen LogP contribution in [0.3, 0.4) is 0 Å². The minimum atomic E-state index is -3.21. The van der Waals surface area contributed by atoms with Crippen LogP contribution in [0.1, 0.15) is 6.92 Å². The third kappa shape index (κ3) is 2.44.